The predicted octanol–water partition coefficient (Wildman–Crippen LogP) is 3.15. The quantitative estimate of drug-likeness (QED) is 0.899. The molecule has 18 heavy (non-hydrogen) atoms. The minimum atomic E-state index is -0.317. The van der Waals surface area contributed by atoms with Gasteiger partial charge in [0.1, 0.15) is 12.4 Å². The predicted molar refractivity (Wildman–Crippen MR) is 69.3 cm³/mol. The second kappa shape index (κ2) is 5.49. The zero-order valence-electron chi connectivity index (χ0n) is 10.4. The molecule has 1 N–H and O–H groups in total. The van der Waals surface area contributed by atoms with Gasteiger partial charge in [-0.05, 0) is 30.7 Å². The first-order valence-electron chi connectivity index (χ1n) is 5.72. The van der Waals surface area contributed by atoms with Gasteiger partial charge in [0, 0.05) is 7.05 Å². The molecule has 0 saturated heterocycles. The molecule has 0 fully saturated rings. The van der Waals surface area contributed by atoms with Gasteiger partial charge in [0.2, 0.25) is 0 Å². The van der Waals surface area contributed by atoms with Crippen LogP contribution in [0.5, 0.6) is 5.75 Å². The molecule has 0 atom stereocenters. The molecule has 2 rings (SSSR count). The van der Waals surface area contributed by atoms with Gasteiger partial charge in [-0.3, -0.25) is 0 Å². The Morgan fingerprint density at radius 2 is 2.00 bits per heavy atom. The van der Waals surface area contributed by atoms with E-state index in [4.69, 9.17) is 4.74 Å². The van der Waals surface area contributed by atoms with Crippen LogP contribution in [0.25, 0.3) is 0 Å². The van der Waals surface area contributed by atoms with Crippen LogP contribution in [0.3, 0.4) is 0 Å². The van der Waals surface area contributed by atoms with Crippen molar-refractivity contribution in [3.8, 4) is 5.75 Å². The van der Waals surface area contributed by atoms with Crippen molar-refractivity contribution in [2.75, 3.05) is 12.4 Å². The molecule has 3 nitrogen and oxygen atoms in total. The summed E-state index contributed by atoms with van der Waals surface area (Å²) in [4.78, 5) is 4.30. The summed E-state index contributed by atoms with van der Waals surface area (Å²) >= 11 is 0. The molecule has 1 aromatic carbocycles. The molecule has 0 radical (unpaired) electrons. The number of nitrogens with one attached hydrogen (secondary N) is 1. The largest absolute Gasteiger partial charge is 0.484 e. The summed E-state index contributed by atoms with van der Waals surface area (Å²) in [5.74, 6) is 0.703. The van der Waals surface area contributed by atoms with E-state index in [1.807, 2.05) is 18.2 Å². The third-order valence-corrected chi connectivity index (χ3v) is 2.59. The molecule has 0 aliphatic heterocycles. The number of aromatic nitrogens is 1. The number of nitrogens with zero attached hydrogens (tertiary/aromatic N) is 1. The summed E-state index contributed by atoms with van der Waals surface area (Å²) in [6, 6.07) is 10.7. The molecule has 1 heterocycles. The maximum absolute atomic E-state index is 13.7. The number of ether oxygens (including phenoxy) is 1. The highest BCUT2D eigenvalue weighted by molar-refractivity contribution is 5.34. The monoisotopic (exact) mass is 246 g/mol. The third-order valence-electron chi connectivity index (χ3n) is 2.59. The van der Waals surface area contributed by atoms with Crippen molar-refractivity contribution in [3.05, 3.63) is 53.5 Å². The van der Waals surface area contributed by atoms with Crippen molar-refractivity contribution in [1.82, 2.24) is 4.98 Å². The van der Waals surface area contributed by atoms with E-state index in [2.05, 4.69) is 10.3 Å². The summed E-state index contributed by atoms with van der Waals surface area (Å²) in [6.07, 6.45) is 0. The summed E-state index contributed by atoms with van der Waals surface area (Å²) in [7, 11) is 1.80. The first-order chi connectivity index (χ1) is 8.70. The number of benzene rings is 1. The van der Waals surface area contributed by atoms with Gasteiger partial charge in [-0.15, -0.1) is 0 Å². The number of anilines is 1. The zero-order chi connectivity index (χ0) is 13.0. The summed E-state index contributed by atoms with van der Waals surface area (Å²) in [6.45, 7) is 1.96. The van der Waals surface area contributed by atoms with E-state index in [1.54, 1.807) is 32.2 Å². The Morgan fingerprint density at radius 3 is 2.78 bits per heavy atom. The highest BCUT2D eigenvalue weighted by Crippen LogP contribution is 2.20. The van der Waals surface area contributed by atoms with Crippen LogP contribution < -0.4 is 10.1 Å². The van der Waals surface area contributed by atoms with Crippen LogP contribution in [0.2, 0.25) is 0 Å². The normalized spacial score (nSPS) is 10.2. The minimum absolute atomic E-state index is 0.246. The first-order valence-corrected chi connectivity index (χ1v) is 5.72. The number of hydrogen-bond acceptors (Lipinski definition) is 3. The van der Waals surface area contributed by atoms with E-state index in [9.17, 15) is 4.39 Å². The Hall–Kier alpha value is -2.10. The number of pyridine rings is 1. The van der Waals surface area contributed by atoms with Crippen molar-refractivity contribution in [2.24, 2.45) is 0 Å². The standard InChI is InChI=1S/C14H15FN2O/c1-10-5-3-7-12(14(10)15)18-9-11-6-4-8-13(16-2)17-11/h3-8H,9H2,1-2H3,(H,16,17). The van der Waals surface area contributed by atoms with Gasteiger partial charge in [0.15, 0.2) is 11.6 Å². The Bertz CT molecular complexity index is 543. The highest BCUT2D eigenvalue weighted by atomic mass is 19.1. The minimum Gasteiger partial charge on any atom is -0.484 e. The van der Waals surface area contributed by atoms with E-state index >= 15 is 0 Å². The summed E-state index contributed by atoms with van der Waals surface area (Å²) < 4.78 is 19.1. The lowest BCUT2D eigenvalue weighted by Gasteiger charge is -2.09. The molecule has 0 amide bonds. The van der Waals surface area contributed by atoms with Gasteiger partial charge in [-0.2, -0.15) is 0 Å². The fraction of sp³-hybridized carbons (Fsp3) is 0.214. The van der Waals surface area contributed by atoms with Gasteiger partial charge in [0.05, 0.1) is 5.69 Å². The van der Waals surface area contributed by atoms with Crippen LogP contribution in [0.1, 0.15) is 11.3 Å². The number of rotatable bonds is 4. The van der Waals surface area contributed by atoms with Crippen LogP contribution >= 0.6 is 0 Å². The molecule has 0 unspecified atom stereocenters. The van der Waals surface area contributed by atoms with Gasteiger partial charge in [-0.25, -0.2) is 9.37 Å². The van der Waals surface area contributed by atoms with Gasteiger partial charge in [-0.1, -0.05) is 18.2 Å². The van der Waals surface area contributed by atoms with E-state index in [-0.39, 0.29) is 18.2 Å². The molecule has 1 aromatic heterocycles. The van der Waals surface area contributed by atoms with E-state index in [0.29, 0.717) is 5.56 Å². The fourth-order valence-corrected chi connectivity index (χ4v) is 1.58. The van der Waals surface area contributed by atoms with E-state index < -0.39 is 0 Å². The fourth-order valence-electron chi connectivity index (χ4n) is 1.58. The number of aryl methyl sites for hydroxylation is 1. The Labute approximate surface area is 106 Å². The van der Waals surface area contributed by atoms with Crippen molar-refractivity contribution in [2.45, 2.75) is 13.5 Å². The smallest absolute Gasteiger partial charge is 0.167 e. The SMILES string of the molecule is CNc1cccc(COc2cccc(C)c2F)n1. The first kappa shape index (κ1) is 12.4. The molecular weight excluding hydrogens is 231 g/mol. The van der Waals surface area contributed by atoms with Crippen LogP contribution in [0, 0.1) is 12.7 Å². The van der Waals surface area contributed by atoms with Crippen molar-refractivity contribution >= 4 is 5.82 Å². The summed E-state index contributed by atoms with van der Waals surface area (Å²) in [5.41, 5.74) is 1.33. The van der Waals surface area contributed by atoms with E-state index in [1.165, 1.54) is 0 Å². The molecule has 0 saturated carbocycles. The van der Waals surface area contributed by atoms with Crippen LogP contribution in [0.15, 0.2) is 36.4 Å². The van der Waals surface area contributed by atoms with Crippen molar-refractivity contribution in [3.63, 3.8) is 0 Å². The maximum atomic E-state index is 13.7. The lowest BCUT2D eigenvalue weighted by molar-refractivity contribution is 0.285. The third kappa shape index (κ3) is 2.77. The van der Waals surface area contributed by atoms with Crippen LogP contribution in [0.4, 0.5) is 10.2 Å². The zero-order valence-corrected chi connectivity index (χ0v) is 10.4. The summed E-state index contributed by atoms with van der Waals surface area (Å²) in [5, 5.41) is 2.95. The van der Waals surface area contributed by atoms with Crippen LogP contribution in [-0.2, 0) is 6.61 Å². The Morgan fingerprint density at radius 1 is 1.22 bits per heavy atom. The Balaban J connectivity index is 2.09. The Kier molecular flexibility index (Phi) is 3.77. The average molecular weight is 246 g/mol. The molecule has 2 aromatic rings. The molecule has 0 spiro atoms. The second-order valence-electron chi connectivity index (χ2n) is 3.94. The molecule has 94 valence electrons. The highest BCUT2D eigenvalue weighted by Gasteiger charge is 2.06. The molecule has 0 aliphatic rings. The molecule has 0 bridgehead atoms. The topological polar surface area (TPSA) is 34.1 Å². The van der Waals surface area contributed by atoms with Gasteiger partial charge in [0.25, 0.3) is 0 Å². The molecular formula is C14H15FN2O. The molecule has 4 heteroatoms. The van der Waals surface area contributed by atoms with Crippen LogP contribution in [-0.4, -0.2) is 12.0 Å². The number of halogens is 1. The molecule has 0 aliphatic carbocycles. The van der Waals surface area contributed by atoms with E-state index in [0.717, 1.165) is 11.5 Å². The van der Waals surface area contributed by atoms with Gasteiger partial charge >= 0.3 is 0 Å². The van der Waals surface area contributed by atoms with Crippen molar-refractivity contribution in [1.29, 1.82) is 0 Å². The maximum Gasteiger partial charge on any atom is 0.167 e. The van der Waals surface area contributed by atoms with Gasteiger partial charge < -0.3 is 10.1 Å². The average Bonchev–Trinajstić information content (AvgIpc) is 2.41. The second-order valence-corrected chi connectivity index (χ2v) is 3.94. The lowest BCUT2D eigenvalue weighted by atomic mass is 10.2. The van der Waals surface area contributed by atoms with Crippen molar-refractivity contribution < 1.29 is 9.13 Å². The number of hydrogen-bond donors (Lipinski definition) is 1. The lowest BCUT2D eigenvalue weighted by Crippen LogP contribution is -2.02.